The van der Waals surface area contributed by atoms with Crippen LogP contribution in [0.1, 0.15) is 25.8 Å². The van der Waals surface area contributed by atoms with Crippen molar-refractivity contribution in [1.82, 2.24) is 5.32 Å². The highest BCUT2D eigenvalue weighted by Crippen LogP contribution is 2.21. The highest BCUT2D eigenvalue weighted by atomic mass is 32.1. The molecule has 1 aromatic carbocycles. The maximum Gasteiger partial charge on any atom is 0.249 e. The maximum atomic E-state index is 11.7. The van der Waals surface area contributed by atoms with Gasteiger partial charge in [-0.2, -0.15) is 0 Å². The summed E-state index contributed by atoms with van der Waals surface area (Å²) in [6.07, 6.45) is -0.417. The smallest absolute Gasteiger partial charge is 0.249 e. The standard InChI is InChI=1S/C15H19NO2S/c1-10(2)7-13(17)15(18)16-9-11-3-4-14-12(8-11)5-6-19-14/h3-6,8,10,13,17H,7,9H2,1-2H3,(H,16,18)/t13-/m0/s1. The van der Waals surface area contributed by atoms with Crippen molar-refractivity contribution in [1.29, 1.82) is 0 Å². The predicted molar refractivity (Wildman–Crippen MR) is 79.1 cm³/mol. The van der Waals surface area contributed by atoms with E-state index in [0.717, 1.165) is 5.56 Å². The molecule has 3 nitrogen and oxygen atoms in total. The molecule has 2 N–H and O–H groups in total. The van der Waals surface area contributed by atoms with E-state index < -0.39 is 6.10 Å². The van der Waals surface area contributed by atoms with E-state index in [1.807, 2.05) is 19.9 Å². The van der Waals surface area contributed by atoms with Gasteiger partial charge in [-0.1, -0.05) is 19.9 Å². The van der Waals surface area contributed by atoms with Crippen LogP contribution in [0.25, 0.3) is 10.1 Å². The number of hydrogen-bond acceptors (Lipinski definition) is 3. The van der Waals surface area contributed by atoms with Crippen LogP contribution in [0.5, 0.6) is 0 Å². The molecule has 0 saturated heterocycles. The Balaban J connectivity index is 1.92. The van der Waals surface area contributed by atoms with Gasteiger partial charge in [0.2, 0.25) is 5.91 Å². The van der Waals surface area contributed by atoms with Crippen molar-refractivity contribution < 1.29 is 9.90 Å². The normalized spacial score (nSPS) is 12.8. The number of benzene rings is 1. The Morgan fingerprint density at radius 2 is 2.16 bits per heavy atom. The van der Waals surface area contributed by atoms with E-state index >= 15 is 0 Å². The summed E-state index contributed by atoms with van der Waals surface area (Å²) in [5, 5.41) is 15.7. The summed E-state index contributed by atoms with van der Waals surface area (Å²) in [7, 11) is 0. The molecule has 0 unspecified atom stereocenters. The monoisotopic (exact) mass is 277 g/mol. The van der Waals surface area contributed by atoms with Crippen LogP contribution in [0.2, 0.25) is 0 Å². The average molecular weight is 277 g/mol. The van der Waals surface area contributed by atoms with Gasteiger partial charge >= 0.3 is 0 Å². The quantitative estimate of drug-likeness (QED) is 0.883. The number of nitrogens with one attached hydrogen (secondary N) is 1. The molecule has 2 rings (SSSR count). The van der Waals surface area contributed by atoms with Gasteiger partial charge in [-0.25, -0.2) is 0 Å². The topological polar surface area (TPSA) is 49.3 Å². The zero-order valence-corrected chi connectivity index (χ0v) is 12.0. The first-order valence-corrected chi connectivity index (χ1v) is 7.36. The summed E-state index contributed by atoms with van der Waals surface area (Å²) < 4.78 is 1.25. The van der Waals surface area contributed by atoms with E-state index in [0.29, 0.717) is 18.9 Å². The Kier molecular flexibility index (Phi) is 4.56. The Labute approximate surface area is 117 Å². The third kappa shape index (κ3) is 3.78. The van der Waals surface area contributed by atoms with Crippen molar-refractivity contribution in [2.24, 2.45) is 5.92 Å². The second-order valence-electron chi connectivity index (χ2n) is 5.16. The van der Waals surface area contributed by atoms with Crippen LogP contribution in [0.4, 0.5) is 0 Å². The average Bonchev–Trinajstić information content (AvgIpc) is 2.82. The molecule has 19 heavy (non-hydrogen) atoms. The molecule has 0 aliphatic heterocycles. The summed E-state index contributed by atoms with van der Waals surface area (Å²) >= 11 is 1.70. The molecule has 0 aliphatic carbocycles. The lowest BCUT2D eigenvalue weighted by atomic mass is 10.1. The minimum atomic E-state index is -0.912. The number of aliphatic hydroxyl groups excluding tert-OH is 1. The minimum absolute atomic E-state index is 0.292. The van der Waals surface area contributed by atoms with Gasteiger partial charge < -0.3 is 10.4 Å². The molecule has 1 heterocycles. The minimum Gasteiger partial charge on any atom is -0.383 e. The van der Waals surface area contributed by atoms with Gasteiger partial charge in [-0.05, 0) is 46.9 Å². The molecule has 2 aromatic rings. The molecular weight excluding hydrogens is 258 g/mol. The molecule has 0 aliphatic rings. The van der Waals surface area contributed by atoms with Crippen molar-refractivity contribution in [3.05, 3.63) is 35.2 Å². The lowest BCUT2D eigenvalue weighted by Gasteiger charge is -2.13. The summed E-state index contributed by atoms with van der Waals surface area (Å²) in [5.74, 6) is 0.0158. The highest BCUT2D eigenvalue weighted by Gasteiger charge is 2.15. The first kappa shape index (κ1) is 14.0. The van der Waals surface area contributed by atoms with Crippen LogP contribution in [-0.2, 0) is 11.3 Å². The number of aliphatic hydroxyl groups is 1. The molecule has 1 amide bonds. The van der Waals surface area contributed by atoms with Crippen LogP contribution in [0.15, 0.2) is 29.6 Å². The molecule has 0 bridgehead atoms. The fraction of sp³-hybridized carbons (Fsp3) is 0.400. The van der Waals surface area contributed by atoms with Gasteiger partial charge in [0, 0.05) is 11.2 Å². The second kappa shape index (κ2) is 6.17. The molecule has 4 heteroatoms. The summed E-state index contributed by atoms with van der Waals surface area (Å²) in [6, 6.07) is 8.21. The summed E-state index contributed by atoms with van der Waals surface area (Å²) in [5.41, 5.74) is 1.05. The van der Waals surface area contributed by atoms with Gasteiger partial charge in [-0.15, -0.1) is 11.3 Å². The van der Waals surface area contributed by atoms with Crippen LogP contribution >= 0.6 is 11.3 Å². The van der Waals surface area contributed by atoms with Gasteiger partial charge in [0.25, 0.3) is 0 Å². The lowest BCUT2D eigenvalue weighted by Crippen LogP contribution is -2.34. The van der Waals surface area contributed by atoms with Crippen LogP contribution in [-0.4, -0.2) is 17.1 Å². The number of fused-ring (bicyclic) bond motifs is 1. The number of carbonyl (C=O) groups is 1. The fourth-order valence-corrected chi connectivity index (χ4v) is 2.76. The van der Waals surface area contributed by atoms with E-state index in [1.54, 1.807) is 11.3 Å². The maximum absolute atomic E-state index is 11.7. The predicted octanol–water partition coefficient (Wildman–Crippen LogP) is 2.92. The van der Waals surface area contributed by atoms with Gasteiger partial charge in [-0.3, -0.25) is 4.79 Å². The molecule has 0 spiro atoms. The summed E-state index contributed by atoms with van der Waals surface area (Å²) in [6.45, 7) is 4.43. The van der Waals surface area contributed by atoms with Crippen molar-refractivity contribution >= 4 is 27.3 Å². The van der Waals surface area contributed by atoms with Crippen molar-refractivity contribution in [2.45, 2.75) is 32.9 Å². The molecular formula is C15H19NO2S. The van der Waals surface area contributed by atoms with Gasteiger partial charge in [0.05, 0.1) is 0 Å². The van der Waals surface area contributed by atoms with Crippen LogP contribution in [0.3, 0.4) is 0 Å². The number of thiophene rings is 1. The zero-order chi connectivity index (χ0) is 13.8. The number of carbonyl (C=O) groups excluding carboxylic acids is 1. The van der Waals surface area contributed by atoms with E-state index in [2.05, 4.69) is 28.9 Å². The third-order valence-corrected chi connectivity index (χ3v) is 3.88. The number of amides is 1. The van der Waals surface area contributed by atoms with E-state index in [-0.39, 0.29) is 5.91 Å². The fourth-order valence-electron chi connectivity index (χ4n) is 1.99. The van der Waals surface area contributed by atoms with Crippen LogP contribution in [0, 0.1) is 5.92 Å². The van der Waals surface area contributed by atoms with Gasteiger partial charge in [0.15, 0.2) is 0 Å². The lowest BCUT2D eigenvalue weighted by molar-refractivity contribution is -0.130. The van der Waals surface area contributed by atoms with Crippen LogP contribution < -0.4 is 5.32 Å². The molecule has 1 atom stereocenters. The van der Waals surface area contributed by atoms with E-state index in [9.17, 15) is 9.90 Å². The SMILES string of the molecule is CC(C)C[C@H](O)C(=O)NCc1ccc2sccc2c1. The number of hydrogen-bond donors (Lipinski definition) is 2. The Hall–Kier alpha value is -1.39. The van der Waals surface area contributed by atoms with E-state index in [4.69, 9.17) is 0 Å². The van der Waals surface area contributed by atoms with E-state index in [1.165, 1.54) is 10.1 Å². The van der Waals surface area contributed by atoms with Gasteiger partial charge in [0.1, 0.15) is 6.10 Å². The first-order valence-electron chi connectivity index (χ1n) is 6.48. The highest BCUT2D eigenvalue weighted by molar-refractivity contribution is 7.17. The Bertz CT molecular complexity index is 562. The van der Waals surface area contributed by atoms with Crippen molar-refractivity contribution in [3.63, 3.8) is 0 Å². The largest absolute Gasteiger partial charge is 0.383 e. The first-order chi connectivity index (χ1) is 9.06. The Morgan fingerprint density at radius 1 is 1.37 bits per heavy atom. The van der Waals surface area contributed by atoms with Crippen molar-refractivity contribution in [3.8, 4) is 0 Å². The molecule has 0 saturated carbocycles. The third-order valence-electron chi connectivity index (χ3n) is 2.98. The second-order valence-corrected chi connectivity index (χ2v) is 6.10. The molecule has 102 valence electrons. The molecule has 0 radical (unpaired) electrons. The number of rotatable bonds is 5. The molecule has 0 fully saturated rings. The zero-order valence-electron chi connectivity index (χ0n) is 11.2. The van der Waals surface area contributed by atoms with Crippen molar-refractivity contribution in [2.75, 3.05) is 0 Å². The summed E-state index contributed by atoms with van der Waals surface area (Å²) in [4.78, 5) is 11.7. The Morgan fingerprint density at radius 3 is 2.89 bits per heavy atom. The molecule has 1 aromatic heterocycles.